The number of carbonyl (C=O) groups excluding carboxylic acids is 1. The zero-order valence-corrected chi connectivity index (χ0v) is 21.0. The Hall–Kier alpha value is -2.75. The molecule has 3 heteroatoms. The maximum atomic E-state index is 13.4. The van der Waals surface area contributed by atoms with E-state index in [-0.39, 0.29) is 5.78 Å². The summed E-state index contributed by atoms with van der Waals surface area (Å²) in [4.78, 5) is 16.9. The summed E-state index contributed by atoms with van der Waals surface area (Å²) >= 11 is 1.62. The average Bonchev–Trinajstić information content (AvgIpc) is 3.43. The molecule has 0 radical (unpaired) electrons. The van der Waals surface area contributed by atoms with Gasteiger partial charge in [-0.25, -0.2) is 0 Å². The zero-order valence-electron chi connectivity index (χ0n) is 20.2. The second-order valence-corrected chi connectivity index (χ2v) is 10.9. The quantitative estimate of drug-likeness (QED) is 0.253. The van der Waals surface area contributed by atoms with Crippen LogP contribution in [0, 0.1) is 12.8 Å². The van der Waals surface area contributed by atoms with Gasteiger partial charge in [0.1, 0.15) is 0 Å². The molecule has 0 saturated carbocycles. The number of hydrogen-bond acceptors (Lipinski definition) is 3. The number of aryl methyl sites for hydroxylation is 2. The fourth-order valence-electron chi connectivity index (χ4n) is 5.06. The van der Waals surface area contributed by atoms with Gasteiger partial charge in [-0.15, -0.1) is 11.3 Å². The number of benzene rings is 3. The van der Waals surface area contributed by atoms with Gasteiger partial charge in [-0.1, -0.05) is 79.2 Å². The molecular formula is C31H33NOS. The highest BCUT2D eigenvalue weighted by Gasteiger charge is 2.20. The Labute approximate surface area is 207 Å². The van der Waals surface area contributed by atoms with Crippen molar-refractivity contribution in [3.05, 3.63) is 105 Å². The lowest BCUT2D eigenvalue weighted by molar-refractivity contribution is 0.104. The molecule has 0 spiro atoms. The molecule has 0 amide bonds. The number of likely N-dealkylation sites (tertiary alicyclic amines) is 1. The molecule has 2 heterocycles. The lowest BCUT2D eigenvalue weighted by atomic mass is 9.97. The van der Waals surface area contributed by atoms with Gasteiger partial charge in [0.2, 0.25) is 5.78 Å². The van der Waals surface area contributed by atoms with Crippen LogP contribution in [-0.2, 0) is 12.8 Å². The molecule has 3 aromatic carbocycles. The maximum absolute atomic E-state index is 13.4. The zero-order chi connectivity index (χ0) is 23.5. The van der Waals surface area contributed by atoms with Crippen LogP contribution in [0.15, 0.2) is 72.8 Å². The Morgan fingerprint density at radius 3 is 2.44 bits per heavy atom. The summed E-state index contributed by atoms with van der Waals surface area (Å²) in [5.41, 5.74) is 5.76. The third kappa shape index (κ3) is 5.16. The van der Waals surface area contributed by atoms with Gasteiger partial charge >= 0.3 is 0 Å². The van der Waals surface area contributed by atoms with Crippen molar-refractivity contribution >= 4 is 27.2 Å². The lowest BCUT2D eigenvalue weighted by Crippen LogP contribution is -2.21. The minimum Gasteiger partial charge on any atom is -0.303 e. The van der Waals surface area contributed by atoms with E-state index in [0.29, 0.717) is 0 Å². The van der Waals surface area contributed by atoms with Crippen LogP contribution >= 0.6 is 11.3 Å². The summed E-state index contributed by atoms with van der Waals surface area (Å²) in [7, 11) is 0. The molecule has 0 bridgehead atoms. The van der Waals surface area contributed by atoms with Crippen LogP contribution in [0.3, 0.4) is 0 Å². The monoisotopic (exact) mass is 467 g/mol. The van der Waals surface area contributed by atoms with E-state index in [2.05, 4.69) is 67.3 Å². The summed E-state index contributed by atoms with van der Waals surface area (Å²) < 4.78 is 1.18. The van der Waals surface area contributed by atoms with Gasteiger partial charge in [0, 0.05) is 16.8 Å². The molecule has 1 fully saturated rings. The number of nitrogens with zero attached hydrogens (tertiary/aromatic N) is 1. The minimum absolute atomic E-state index is 0.129. The van der Waals surface area contributed by atoms with Gasteiger partial charge in [-0.05, 0) is 79.8 Å². The number of ketones is 1. The van der Waals surface area contributed by atoms with E-state index in [0.717, 1.165) is 34.8 Å². The van der Waals surface area contributed by atoms with Crippen LogP contribution in [0.1, 0.15) is 57.3 Å². The Balaban J connectivity index is 1.32. The number of hydrogen-bond donors (Lipinski definition) is 0. The Morgan fingerprint density at radius 1 is 0.971 bits per heavy atom. The summed E-state index contributed by atoms with van der Waals surface area (Å²) in [5, 5.41) is 1.20. The van der Waals surface area contributed by atoms with Crippen LogP contribution in [0.4, 0.5) is 0 Å². The predicted molar refractivity (Wildman–Crippen MR) is 144 cm³/mol. The molecule has 1 aliphatic heterocycles. The Bertz CT molecular complexity index is 1270. The van der Waals surface area contributed by atoms with E-state index in [1.54, 1.807) is 11.3 Å². The van der Waals surface area contributed by atoms with Crippen molar-refractivity contribution in [2.75, 3.05) is 19.6 Å². The molecule has 1 unspecified atom stereocenters. The SMILES string of the molecule is Cc1ccc(C(=O)c2sc3ccccc3c2Cc2ccc(CCCN3CCC(C)C3)cc2)cc1. The van der Waals surface area contributed by atoms with E-state index in [9.17, 15) is 4.79 Å². The third-order valence-electron chi connectivity index (χ3n) is 7.07. The third-order valence-corrected chi connectivity index (χ3v) is 8.28. The maximum Gasteiger partial charge on any atom is 0.203 e. The molecule has 174 valence electrons. The first-order chi connectivity index (χ1) is 16.6. The van der Waals surface area contributed by atoms with E-state index >= 15 is 0 Å². The average molecular weight is 468 g/mol. The largest absolute Gasteiger partial charge is 0.303 e. The van der Waals surface area contributed by atoms with Crippen LogP contribution in [0.25, 0.3) is 10.1 Å². The fraction of sp³-hybridized carbons (Fsp3) is 0.323. The standard InChI is InChI=1S/C31H33NOS/c1-22-9-15-26(16-10-22)30(33)31-28(27-7-3-4-8-29(27)34-31)20-25-13-11-24(12-14-25)6-5-18-32-19-17-23(2)21-32/h3-4,7-16,23H,5-6,17-21H2,1-2H3. The molecule has 5 rings (SSSR count). The molecular weight excluding hydrogens is 434 g/mol. The van der Waals surface area contributed by atoms with Crippen LogP contribution in [0.5, 0.6) is 0 Å². The molecule has 1 saturated heterocycles. The van der Waals surface area contributed by atoms with E-state index in [1.807, 2.05) is 24.3 Å². The van der Waals surface area contributed by atoms with Crippen molar-refractivity contribution < 1.29 is 4.79 Å². The number of carbonyl (C=O) groups is 1. The highest BCUT2D eigenvalue weighted by atomic mass is 32.1. The lowest BCUT2D eigenvalue weighted by Gasteiger charge is -2.14. The van der Waals surface area contributed by atoms with E-state index < -0.39 is 0 Å². The number of thiophene rings is 1. The van der Waals surface area contributed by atoms with Crippen molar-refractivity contribution in [2.45, 2.75) is 39.5 Å². The first-order valence-electron chi connectivity index (χ1n) is 12.5. The van der Waals surface area contributed by atoms with Gasteiger partial charge in [0.15, 0.2) is 0 Å². The molecule has 1 aromatic heterocycles. The van der Waals surface area contributed by atoms with Gasteiger partial charge in [-0.2, -0.15) is 0 Å². The van der Waals surface area contributed by atoms with Crippen molar-refractivity contribution in [2.24, 2.45) is 5.92 Å². The molecule has 2 nitrogen and oxygen atoms in total. The molecule has 34 heavy (non-hydrogen) atoms. The molecule has 0 N–H and O–H groups in total. The molecule has 1 aliphatic rings. The van der Waals surface area contributed by atoms with Gasteiger partial charge in [0.25, 0.3) is 0 Å². The van der Waals surface area contributed by atoms with E-state index in [1.165, 1.54) is 59.3 Å². The van der Waals surface area contributed by atoms with Crippen molar-refractivity contribution in [1.82, 2.24) is 4.90 Å². The second kappa shape index (κ2) is 10.2. The highest BCUT2D eigenvalue weighted by molar-refractivity contribution is 7.21. The molecule has 4 aromatic rings. The fourth-order valence-corrected chi connectivity index (χ4v) is 6.24. The predicted octanol–water partition coefficient (Wildman–Crippen LogP) is 7.31. The van der Waals surface area contributed by atoms with Crippen LogP contribution in [0.2, 0.25) is 0 Å². The number of fused-ring (bicyclic) bond motifs is 1. The van der Waals surface area contributed by atoms with Crippen LogP contribution in [-0.4, -0.2) is 30.3 Å². The number of rotatable bonds is 8. The molecule has 0 aliphatic carbocycles. The first kappa shape index (κ1) is 23.0. The smallest absolute Gasteiger partial charge is 0.203 e. The summed E-state index contributed by atoms with van der Waals surface area (Å²) in [6.07, 6.45) is 4.48. The van der Waals surface area contributed by atoms with Crippen molar-refractivity contribution in [3.63, 3.8) is 0 Å². The van der Waals surface area contributed by atoms with Gasteiger partial charge < -0.3 is 4.90 Å². The summed E-state index contributed by atoms with van der Waals surface area (Å²) in [6.45, 7) is 8.14. The first-order valence-corrected chi connectivity index (χ1v) is 13.3. The van der Waals surface area contributed by atoms with Crippen molar-refractivity contribution in [1.29, 1.82) is 0 Å². The highest BCUT2D eigenvalue weighted by Crippen LogP contribution is 2.34. The van der Waals surface area contributed by atoms with E-state index in [4.69, 9.17) is 0 Å². The van der Waals surface area contributed by atoms with Crippen molar-refractivity contribution in [3.8, 4) is 0 Å². The topological polar surface area (TPSA) is 20.3 Å². The summed E-state index contributed by atoms with van der Waals surface area (Å²) in [6, 6.07) is 25.4. The normalized spacial score (nSPS) is 16.4. The molecule has 1 atom stereocenters. The minimum atomic E-state index is 0.129. The second-order valence-electron chi connectivity index (χ2n) is 9.89. The Kier molecular flexibility index (Phi) is 6.94. The van der Waals surface area contributed by atoms with Crippen LogP contribution < -0.4 is 0 Å². The van der Waals surface area contributed by atoms with Gasteiger partial charge in [0.05, 0.1) is 4.88 Å². The van der Waals surface area contributed by atoms with Gasteiger partial charge in [-0.3, -0.25) is 4.79 Å². The Morgan fingerprint density at radius 2 is 1.71 bits per heavy atom. The summed E-state index contributed by atoms with van der Waals surface area (Å²) in [5.74, 6) is 0.985.